The van der Waals surface area contributed by atoms with E-state index >= 15 is 0 Å². The SMILES string of the molecule is O=C(O)NC(=O)C(Cl)(Cl)Cl. The Balaban J connectivity index is 3.99. The Morgan fingerprint density at radius 3 is 1.80 bits per heavy atom. The van der Waals surface area contributed by atoms with E-state index in [1.165, 1.54) is 5.32 Å². The van der Waals surface area contributed by atoms with Crippen molar-refractivity contribution in [2.45, 2.75) is 3.79 Å². The van der Waals surface area contributed by atoms with Crippen LogP contribution in [-0.2, 0) is 4.79 Å². The van der Waals surface area contributed by atoms with Gasteiger partial charge in [-0.3, -0.25) is 10.1 Å². The summed E-state index contributed by atoms with van der Waals surface area (Å²) >= 11 is 14.9. The number of hydrogen-bond donors (Lipinski definition) is 2. The molecule has 0 aromatic heterocycles. The summed E-state index contributed by atoms with van der Waals surface area (Å²) in [4.78, 5) is 20.1. The Morgan fingerprint density at radius 1 is 1.30 bits per heavy atom. The molecule has 0 aromatic rings. The first-order chi connectivity index (χ1) is 4.34. The molecule has 10 heavy (non-hydrogen) atoms. The number of imide groups is 1. The molecule has 0 radical (unpaired) electrons. The van der Waals surface area contributed by atoms with Gasteiger partial charge in [-0.2, -0.15) is 0 Å². The quantitative estimate of drug-likeness (QED) is 0.584. The van der Waals surface area contributed by atoms with Crippen LogP contribution in [0.1, 0.15) is 0 Å². The van der Waals surface area contributed by atoms with Crippen LogP contribution in [-0.4, -0.2) is 20.9 Å². The van der Waals surface area contributed by atoms with Crippen LogP contribution in [0.25, 0.3) is 0 Å². The maximum Gasteiger partial charge on any atom is 0.411 e. The summed E-state index contributed by atoms with van der Waals surface area (Å²) in [6, 6.07) is 0. The predicted molar refractivity (Wildman–Crippen MR) is 36.5 cm³/mol. The summed E-state index contributed by atoms with van der Waals surface area (Å²) in [5.74, 6) is -1.19. The average molecular weight is 206 g/mol. The zero-order chi connectivity index (χ0) is 8.36. The molecule has 2 N–H and O–H groups in total. The van der Waals surface area contributed by atoms with E-state index in [1.807, 2.05) is 0 Å². The number of rotatable bonds is 0. The lowest BCUT2D eigenvalue weighted by Gasteiger charge is -2.06. The van der Waals surface area contributed by atoms with Crippen LogP contribution in [0.2, 0.25) is 0 Å². The number of alkyl halides is 3. The van der Waals surface area contributed by atoms with E-state index in [0.717, 1.165) is 0 Å². The zero-order valence-electron chi connectivity index (χ0n) is 4.40. The van der Waals surface area contributed by atoms with Gasteiger partial charge >= 0.3 is 6.09 Å². The fourth-order valence-electron chi connectivity index (χ4n) is 0.168. The van der Waals surface area contributed by atoms with Crippen molar-refractivity contribution >= 4 is 46.8 Å². The van der Waals surface area contributed by atoms with E-state index in [1.54, 1.807) is 0 Å². The summed E-state index contributed by atoms with van der Waals surface area (Å²) in [5, 5.41) is 9.30. The van der Waals surface area contributed by atoms with E-state index in [4.69, 9.17) is 39.9 Å². The molecular formula is C3H2Cl3NO3. The lowest BCUT2D eigenvalue weighted by atomic mass is 10.7. The fourth-order valence-corrected chi connectivity index (χ4v) is 0.310. The second-order valence-corrected chi connectivity index (χ2v) is 3.54. The lowest BCUT2D eigenvalue weighted by Crippen LogP contribution is -2.37. The highest BCUT2D eigenvalue weighted by molar-refractivity contribution is 6.76. The molecule has 58 valence electrons. The molecule has 0 atom stereocenters. The van der Waals surface area contributed by atoms with Gasteiger partial charge in [-0.1, -0.05) is 34.8 Å². The predicted octanol–water partition coefficient (Wildman–Crippen LogP) is 1.15. The first-order valence-electron chi connectivity index (χ1n) is 1.95. The van der Waals surface area contributed by atoms with Gasteiger partial charge in [0, 0.05) is 0 Å². The minimum absolute atomic E-state index is 1.19. The third kappa shape index (κ3) is 3.76. The largest absolute Gasteiger partial charge is 0.465 e. The van der Waals surface area contributed by atoms with Crippen LogP contribution >= 0.6 is 34.8 Å². The molecule has 4 nitrogen and oxygen atoms in total. The summed E-state index contributed by atoms with van der Waals surface area (Å²) in [7, 11) is 0. The zero-order valence-corrected chi connectivity index (χ0v) is 6.67. The Kier molecular flexibility index (Phi) is 3.21. The van der Waals surface area contributed by atoms with Gasteiger partial charge in [-0.25, -0.2) is 4.79 Å². The monoisotopic (exact) mass is 205 g/mol. The smallest absolute Gasteiger partial charge is 0.411 e. The molecule has 0 aliphatic heterocycles. The van der Waals surface area contributed by atoms with Crippen molar-refractivity contribution in [2.24, 2.45) is 0 Å². The number of carbonyl (C=O) groups is 2. The first kappa shape index (κ1) is 9.81. The number of amides is 2. The maximum atomic E-state index is 10.4. The number of nitrogens with one attached hydrogen (secondary N) is 1. The van der Waals surface area contributed by atoms with Gasteiger partial charge in [0.15, 0.2) is 0 Å². The van der Waals surface area contributed by atoms with Gasteiger partial charge in [-0.15, -0.1) is 0 Å². The average Bonchev–Trinajstić information content (AvgIpc) is 1.60. The van der Waals surface area contributed by atoms with Gasteiger partial charge in [0.05, 0.1) is 0 Å². The molecule has 0 aliphatic rings. The second kappa shape index (κ2) is 3.27. The fraction of sp³-hybridized carbons (Fsp3) is 0.333. The number of halogens is 3. The lowest BCUT2D eigenvalue weighted by molar-refractivity contribution is -0.119. The van der Waals surface area contributed by atoms with Gasteiger partial charge in [0.25, 0.3) is 9.70 Å². The summed E-state index contributed by atoms with van der Waals surface area (Å²) in [6.07, 6.45) is -1.56. The summed E-state index contributed by atoms with van der Waals surface area (Å²) < 4.78 is -2.22. The number of hydrogen-bond acceptors (Lipinski definition) is 2. The standard InChI is InChI=1S/C3H2Cl3NO3/c4-3(5,6)1(8)7-2(9)10/h(H,7,8)(H,9,10). The molecule has 2 amide bonds. The van der Waals surface area contributed by atoms with Crippen LogP contribution in [0.4, 0.5) is 4.79 Å². The molecule has 0 aliphatic carbocycles. The van der Waals surface area contributed by atoms with Gasteiger partial charge < -0.3 is 5.11 Å². The summed E-state index contributed by atoms with van der Waals surface area (Å²) in [6.45, 7) is 0. The van der Waals surface area contributed by atoms with Crippen molar-refractivity contribution in [1.29, 1.82) is 0 Å². The molecule has 0 saturated heterocycles. The Hall–Kier alpha value is -0.190. The Morgan fingerprint density at radius 2 is 1.70 bits per heavy atom. The van der Waals surface area contributed by atoms with Crippen LogP contribution < -0.4 is 5.32 Å². The highest BCUT2D eigenvalue weighted by Crippen LogP contribution is 2.25. The van der Waals surface area contributed by atoms with Crippen molar-refractivity contribution in [3.63, 3.8) is 0 Å². The van der Waals surface area contributed by atoms with Crippen LogP contribution in [0, 0.1) is 0 Å². The van der Waals surface area contributed by atoms with Crippen molar-refractivity contribution in [3.8, 4) is 0 Å². The molecule has 7 heteroatoms. The molecule has 0 spiro atoms. The Bertz CT molecular complexity index is 163. The van der Waals surface area contributed by atoms with Gasteiger partial charge in [-0.05, 0) is 0 Å². The molecule has 0 rings (SSSR count). The molecule has 0 heterocycles. The van der Waals surface area contributed by atoms with E-state index < -0.39 is 15.8 Å². The first-order valence-corrected chi connectivity index (χ1v) is 3.08. The van der Waals surface area contributed by atoms with Crippen LogP contribution in [0.3, 0.4) is 0 Å². The highest BCUT2D eigenvalue weighted by atomic mass is 35.6. The highest BCUT2D eigenvalue weighted by Gasteiger charge is 2.31. The minimum Gasteiger partial charge on any atom is -0.465 e. The third-order valence-electron chi connectivity index (χ3n) is 0.478. The van der Waals surface area contributed by atoms with Crippen LogP contribution in [0.15, 0.2) is 0 Å². The van der Waals surface area contributed by atoms with Gasteiger partial charge in [0.2, 0.25) is 0 Å². The molecule has 0 aromatic carbocycles. The third-order valence-corrected chi connectivity index (χ3v) is 0.993. The van der Waals surface area contributed by atoms with E-state index in [2.05, 4.69) is 0 Å². The molecule has 0 fully saturated rings. The minimum atomic E-state index is -2.22. The molecular weight excluding hydrogens is 204 g/mol. The summed E-state index contributed by atoms with van der Waals surface area (Å²) in [5.41, 5.74) is 0. The van der Waals surface area contributed by atoms with Crippen molar-refractivity contribution in [2.75, 3.05) is 0 Å². The Labute approximate surface area is 71.0 Å². The number of carbonyl (C=O) groups excluding carboxylic acids is 1. The van der Waals surface area contributed by atoms with Crippen molar-refractivity contribution in [1.82, 2.24) is 5.32 Å². The topological polar surface area (TPSA) is 66.4 Å². The van der Waals surface area contributed by atoms with Gasteiger partial charge in [0.1, 0.15) is 0 Å². The van der Waals surface area contributed by atoms with Crippen LogP contribution in [0.5, 0.6) is 0 Å². The second-order valence-electron chi connectivity index (χ2n) is 1.26. The van der Waals surface area contributed by atoms with E-state index in [9.17, 15) is 9.59 Å². The molecule has 0 unspecified atom stereocenters. The molecule has 0 bridgehead atoms. The maximum absolute atomic E-state index is 10.4. The van der Waals surface area contributed by atoms with E-state index in [0.29, 0.717) is 0 Å². The van der Waals surface area contributed by atoms with Crippen molar-refractivity contribution < 1.29 is 14.7 Å². The number of carboxylic acid groups (broad SMARTS) is 1. The van der Waals surface area contributed by atoms with Crippen molar-refractivity contribution in [3.05, 3.63) is 0 Å². The van der Waals surface area contributed by atoms with E-state index in [-0.39, 0.29) is 0 Å². The normalized spacial score (nSPS) is 10.7. The molecule has 0 saturated carbocycles.